The van der Waals surface area contributed by atoms with Crippen LogP contribution in [0.4, 0.5) is 0 Å². The lowest BCUT2D eigenvalue weighted by Gasteiger charge is -2.22. The quantitative estimate of drug-likeness (QED) is 0.899. The van der Waals surface area contributed by atoms with E-state index in [1.807, 2.05) is 30.3 Å². The van der Waals surface area contributed by atoms with Crippen molar-refractivity contribution in [1.29, 1.82) is 0 Å². The molecule has 0 bridgehead atoms. The highest BCUT2D eigenvalue weighted by atomic mass is 16.5. The second-order valence-electron chi connectivity index (χ2n) is 4.88. The molecule has 100 valence electrons. The Kier molecular flexibility index (Phi) is 3.46. The van der Waals surface area contributed by atoms with Crippen LogP contribution in [0, 0.1) is 5.92 Å². The highest BCUT2D eigenvalue weighted by Gasteiger charge is 2.22. The molecule has 0 aliphatic carbocycles. The number of benzene rings is 1. The van der Waals surface area contributed by atoms with Gasteiger partial charge < -0.3 is 15.0 Å². The van der Waals surface area contributed by atoms with Gasteiger partial charge in [-0.3, -0.25) is 0 Å². The maximum atomic E-state index is 5.72. The number of rotatable bonds is 4. The number of ether oxygens (including phenoxy) is 1. The minimum Gasteiger partial charge on any atom is -0.486 e. The van der Waals surface area contributed by atoms with Gasteiger partial charge in [0.25, 0.3) is 0 Å². The summed E-state index contributed by atoms with van der Waals surface area (Å²) in [5.41, 5.74) is 5.72. The van der Waals surface area contributed by atoms with Gasteiger partial charge in [0.1, 0.15) is 18.2 Å². The average Bonchev–Trinajstić information content (AvgIpc) is 2.88. The number of fused-ring (bicyclic) bond motifs is 1. The van der Waals surface area contributed by atoms with Crippen molar-refractivity contribution in [3.05, 3.63) is 42.0 Å². The molecule has 1 aromatic heterocycles. The summed E-state index contributed by atoms with van der Waals surface area (Å²) >= 11 is 0. The summed E-state index contributed by atoms with van der Waals surface area (Å²) in [7, 11) is 0. The number of aromatic nitrogens is 3. The predicted molar refractivity (Wildman–Crippen MR) is 71.7 cm³/mol. The first-order chi connectivity index (χ1) is 9.36. The van der Waals surface area contributed by atoms with Crippen molar-refractivity contribution in [2.75, 3.05) is 6.54 Å². The number of hydrogen-bond acceptors (Lipinski definition) is 4. The molecule has 5 heteroatoms. The number of para-hydroxylation sites is 1. The Balaban J connectivity index is 1.68. The molecule has 0 amide bonds. The molecule has 0 spiro atoms. The van der Waals surface area contributed by atoms with Crippen LogP contribution in [0.2, 0.25) is 0 Å². The minimum absolute atomic E-state index is 0.463. The van der Waals surface area contributed by atoms with E-state index in [0.717, 1.165) is 43.3 Å². The molecule has 19 heavy (non-hydrogen) atoms. The molecule has 0 radical (unpaired) electrons. The van der Waals surface area contributed by atoms with Crippen molar-refractivity contribution in [3.8, 4) is 5.75 Å². The van der Waals surface area contributed by atoms with Crippen LogP contribution in [-0.2, 0) is 19.6 Å². The third-order valence-electron chi connectivity index (χ3n) is 3.58. The van der Waals surface area contributed by atoms with Crippen LogP contribution in [0.3, 0.4) is 0 Å². The van der Waals surface area contributed by atoms with Gasteiger partial charge >= 0.3 is 0 Å². The van der Waals surface area contributed by atoms with Gasteiger partial charge in [0, 0.05) is 13.0 Å². The standard InChI is InChI=1S/C14H18N4O/c15-9-11-6-7-18-13(8-11)16-17-14(18)10-19-12-4-2-1-3-5-12/h1-5,11H,6-10,15H2. The van der Waals surface area contributed by atoms with E-state index in [1.165, 1.54) is 0 Å². The van der Waals surface area contributed by atoms with E-state index in [0.29, 0.717) is 12.5 Å². The molecule has 1 aromatic carbocycles. The van der Waals surface area contributed by atoms with Gasteiger partial charge in [-0.15, -0.1) is 10.2 Å². The van der Waals surface area contributed by atoms with Gasteiger partial charge in [-0.05, 0) is 31.0 Å². The summed E-state index contributed by atoms with van der Waals surface area (Å²) in [6, 6.07) is 9.77. The normalized spacial score (nSPS) is 18.1. The van der Waals surface area contributed by atoms with Crippen molar-refractivity contribution < 1.29 is 4.74 Å². The molecule has 5 nitrogen and oxygen atoms in total. The van der Waals surface area contributed by atoms with E-state index in [-0.39, 0.29) is 0 Å². The van der Waals surface area contributed by atoms with E-state index in [9.17, 15) is 0 Å². The monoisotopic (exact) mass is 258 g/mol. The molecule has 0 saturated carbocycles. The fourth-order valence-electron chi connectivity index (χ4n) is 2.43. The lowest BCUT2D eigenvalue weighted by atomic mass is 9.98. The van der Waals surface area contributed by atoms with E-state index in [4.69, 9.17) is 10.5 Å². The lowest BCUT2D eigenvalue weighted by molar-refractivity contribution is 0.281. The first kappa shape index (κ1) is 12.2. The summed E-state index contributed by atoms with van der Waals surface area (Å²) in [5.74, 6) is 3.33. The van der Waals surface area contributed by atoms with E-state index >= 15 is 0 Å². The molecule has 1 aliphatic rings. The molecule has 1 unspecified atom stereocenters. The van der Waals surface area contributed by atoms with Gasteiger partial charge in [0.05, 0.1) is 0 Å². The lowest BCUT2D eigenvalue weighted by Crippen LogP contribution is -2.26. The Hall–Kier alpha value is -1.88. The smallest absolute Gasteiger partial charge is 0.171 e. The van der Waals surface area contributed by atoms with Gasteiger partial charge in [0.15, 0.2) is 5.82 Å². The SMILES string of the molecule is NCC1CCn2c(COc3ccccc3)nnc2C1. The van der Waals surface area contributed by atoms with Gasteiger partial charge in [-0.2, -0.15) is 0 Å². The van der Waals surface area contributed by atoms with Crippen molar-refractivity contribution >= 4 is 0 Å². The van der Waals surface area contributed by atoms with E-state index < -0.39 is 0 Å². The highest BCUT2D eigenvalue weighted by Crippen LogP contribution is 2.20. The second kappa shape index (κ2) is 5.40. The molecule has 2 N–H and O–H groups in total. The number of nitrogens with two attached hydrogens (primary N) is 1. The zero-order chi connectivity index (χ0) is 13.1. The van der Waals surface area contributed by atoms with Gasteiger partial charge in [-0.1, -0.05) is 18.2 Å². The third-order valence-corrected chi connectivity index (χ3v) is 3.58. The Morgan fingerprint density at radius 2 is 2.11 bits per heavy atom. The minimum atomic E-state index is 0.463. The number of nitrogens with zero attached hydrogens (tertiary/aromatic N) is 3. The maximum Gasteiger partial charge on any atom is 0.171 e. The number of hydrogen-bond donors (Lipinski definition) is 1. The Labute approximate surface area is 112 Å². The highest BCUT2D eigenvalue weighted by molar-refractivity contribution is 5.21. The topological polar surface area (TPSA) is 66.0 Å². The molecule has 1 aliphatic heterocycles. The predicted octanol–water partition coefficient (Wildman–Crippen LogP) is 1.38. The van der Waals surface area contributed by atoms with Crippen LogP contribution in [0.1, 0.15) is 18.1 Å². The van der Waals surface area contributed by atoms with Crippen LogP contribution in [0.15, 0.2) is 30.3 Å². The van der Waals surface area contributed by atoms with Crippen LogP contribution in [0.5, 0.6) is 5.75 Å². The first-order valence-electron chi connectivity index (χ1n) is 6.65. The molecular formula is C14H18N4O. The van der Waals surface area contributed by atoms with Crippen molar-refractivity contribution in [2.45, 2.75) is 26.0 Å². The van der Waals surface area contributed by atoms with Crippen LogP contribution in [0.25, 0.3) is 0 Å². The van der Waals surface area contributed by atoms with Crippen molar-refractivity contribution in [2.24, 2.45) is 11.7 Å². The van der Waals surface area contributed by atoms with Crippen molar-refractivity contribution in [1.82, 2.24) is 14.8 Å². The molecule has 1 atom stereocenters. The maximum absolute atomic E-state index is 5.72. The molecule has 2 heterocycles. The van der Waals surface area contributed by atoms with Gasteiger partial charge in [-0.25, -0.2) is 0 Å². The Bertz CT molecular complexity index is 538. The Morgan fingerprint density at radius 1 is 1.26 bits per heavy atom. The van der Waals surface area contributed by atoms with Crippen LogP contribution in [-0.4, -0.2) is 21.3 Å². The van der Waals surface area contributed by atoms with E-state index in [2.05, 4.69) is 14.8 Å². The fourth-order valence-corrected chi connectivity index (χ4v) is 2.43. The van der Waals surface area contributed by atoms with Crippen molar-refractivity contribution in [3.63, 3.8) is 0 Å². The van der Waals surface area contributed by atoms with Crippen LogP contribution >= 0.6 is 0 Å². The first-order valence-corrected chi connectivity index (χ1v) is 6.65. The third kappa shape index (κ3) is 2.61. The molecule has 0 saturated heterocycles. The fraction of sp³-hybridized carbons (Fsp3) is 0.429. The summed E-state index contributed by atoms with van der Waals surface area (Å²) in [6.45, 7) is 2.13. The summed E-state index contributed by atoms with van der Waals surface area (Å²) < 4.78 is 7.88. The largest absolute Gasteiger partial charge is 0.486 e. The molecule has 2 aromatic rings. The molecule has 3 rings (SSSR count). The summed E-state index contributed by atoms with van der Waals surface area (Å²) in [4.78, 5) is 0. The molecular weight excluding hydrogens is 240 g/mol. The summed E-state index contributed by atoms with van der Waals surface area (Å²) in [5, 5.41) is 8.47. The average molecular weight is 258 g/mol. The zero-order valence-electron chi connectivity index (χ0n) is 10.8. The van der Waals surface area contributed by atoms with E-state index in [1.54, 1.807) is 0 Å². The molecule has 0 fully saturated rings. The van der Waals surface area contributed by atoms with Gasteiger partial charge in [0.2, 0.25) is 0 Å². The Morgan fingerprint density at radius 3 is 2.89 bits per heavy atom. The second-order valence-corrected chi connectivity index (χ2v) is 4.88. The summed E-state index contributed by atoms with van der Waals surface area (Å²) in [6.07, 6.45) is 2.02. The van der Waals surface area contributed by atoms with Crippen LogP contribution < -0.4 is 10.5 Å². The zero-order valence-corrected chi connectivity index (χ0v) is 10.8.